The van der Waals surface area contributed by atoms with Crippen LogP contribution in [0.15, 0.2) is 217 Å². The van der Waals surface area contributed by atoms with Crippen molar-refractivity contribution < 1.29 is 4.42 Å². The third-order valence-corrected chi connectivity index (χ3v) is 11.2. The summed E-state index contributed by atoms with van der Waals surface area (Å²) in [7, 11) is 0. The fraction of sp³-hybridized carbons (Fsp3) is 0. The van der Waals surface area contributed by atoms with Crippen molar-refractivity contribution in [1.29, 1.82) is 0 Å². The maximum atomic E-state index is 6.56. The van der Waals surface area contributed by atoms with Crippen molar-refractivity contribution in [3.8, 4) is 33.4 Å². The zero-order chi connectivity index (χ0) is 37.0. The van der Waals surface area contributed by atoms with Gasteiger partial charge in [0.2, 0.25) is 0 Å². The van der Waals surface area contributed by atoms with Crippen molar-refractivity contribution in [2.45, 2.75) is 0 Å². The summed E-state index contributed by atoms with van der Waals surface area (Å²) >= 11 is 0. The van der Waals surface area contributed by atoms with Crippen LogP contribution in [0.25, 0.3) is 87.6 Å². The van der Waals surface area contributed by atoms with Gasteiger partial charge in [0.1, 0.15) is 11.2 Å². The summed E-state index contributed by atoms with van der Waals surface area (Å²) in [4.78, 5) is 2.44. The number of nitrogens with zero attached hydrogens (tertiary/aromatic N) is 1. The molecule has 0 aliphatic rings. The van der Waals surface area contributed by atoms with Crippen LogP contribution in [-0.4, -0.2) is 0 Å². The molecule has 0 amide bonds. The molecule has 0 aliphatic carbocycles. The highest BCUT2D eigenvalue weighted by molar-refractivity contribution is 6.15. The average molecular weight is 714 g/mol. The maximum absolute atomic E-state index is 6.56. The Morgan fingerprint density at radius 1 is 0.286 bits per heavy atom. The van der Waals surface area contributed by atoms with Gasteiger partial charge >= 0.3 is 0 Å². The first kappa shape index (κ1) is 32.0. The molecule has 2 heteroatoms. The molecule has 0 aliphatic heterocycles. The second-order valence-corrected chi connectivity index (χ2v) is 14.5. The standard InChI is InChI=1S/C54H35NO/c1-3-14-36(15-4-1)38-21-13-22-43(30-38)55(52-32-41-20-9-10-23-45(41)47-24-11-12-25-48(47)52)44-27-29-46(50(35-44)37-16-5-2-6-17-37)42-26-28-49-51-31-39-18-7-8-19-40(39)33-54(51)56-53(49)34-42/h1-35H. The third-order valence-electron chi connectivity index (χ3n) is 11.2. The fourth-order valence-electron chi connectivity index (χ4n) is 8.51. The molecule has 10 aromatic carbocycles. The summed E-state index contributed by atoms with van der Waals surface area (Å²) < 4.78 is 6.56. The van der Waals surface area contributed by atoms with Gasteiger partial charge in [-0.3, -0.25) is 0 Å². The Morgan fingerprint density at radius 3 is 1.71 bits per heavy atom. The fourth-order valence-corrected chi connectivity index (χ4v) is 8.51. The van der Waals surface area contributed by atoms with Gasteiger partial charge in [-0.25, -0.2) is 0 Å². The van der Waals surface area contributed by atoms with Crippen molar-refractivity contribution >= 4 is 71.3 Å². The van der Waals surface area contributed by atoms with E-state index in [4.69, 9.17) is 4.42 Å². The smallest absolute Gasteiger partial charge is 0.136 e. The number of hydrogen-bond donors (Lipinski definition) is 0. The van der Waals surface area contributed by atoms with Gasteiger partial charge in [0.25, 0.3) is 0 Å². The second-order valence-electron chi connectivity index (χ2n) is 14.5. The molecule has 2 nitrogen and oxygen atoms in total. The molecule has 0 unspecified atom stereocenters. The molecule has 0 radical (unpaired) electrons. The van der Waals surface area contributed by atoms with E-state index in [-0.39, 0.29) is 0 Å². The largest absolute Gasteiger partial charge is 0.456 e. The van der Waals surface area contributed by atoms with Crippen molar-refractivity contribution in [2.24, 2.45) is 0 Å². The number of furan rings is 1. The Labute approximate surface area is 325 Å². The van der Waals surface area contributed by atoms with Crippen LogP contribution in [0.5, 0.6) is 0 Å². The van der Waals surface area contributed by atoms with E-state index in [2.05, 4.69) is 217 Å². The summed E-state index contributed by atoms with van der Waals surface area (Å²) in [5, 5.41) is 9.55. The normalized spacial score (nSPS) is 11.6. The summed E-state index contributed by atoms with van der Waals surface area (Å²) in [6.07, 6.45) is 0. The molecule has 1 aromatic heterocycles. The molecule has 1 heterocycles. The van der Waals surface area contributed by atoms with Crippen molar-refractivity contribution in [3.63, 3.8) is 0 Å². The molecular formula is C54H35NO. The van der Waals surface area contributed by atoms with Crippen LogP contribution in [0, 0.1) is 0 Å². The minimum atomic E-state index is 0.887. The molecule has 0 atom stereocenters. The molecular weight excluding hydrogens is 679 g/mol. The molecule has 0 spiro atoms. The molecule has 0 fully saturated rings. The number of hydrogen-bond acceptors (Lipinski definition) is 2. The van der Waals surface area contributed by atoms with Crippen LogP contribution in [0.1, 0.15) is 0 Å². The van der Waals surface area contributed by atoms with Crippen LogP contribution in [0.3, 0.4) is 0 Å². The van der Waals surface area contributed by atoms with E-state index in [1.807, 2.05) is 0 Å². The van der Waals surface area contributed by atoms with Crippen molar-refractivity contribution in [1.82, 2.24) is 0 Å². The number of rotatable bonds is 6. The molecule has 56 heavy (non-hydrogen) atoms. The van der Waals surface area contributed by atoms with Gasteiger partial charge in [0.05, 0.1) is 5.69 Å². The Morgan fingerprint density at radius 2 is 0.911 bits per heavy atom. The summed E-state index contributed by atoms with van der Waals surface area (Å²) in [5.74, 6) is 0. The first-order valence-electron chi connectivity index (χ1n) is 19.2. The van der Waals surface area contributed by atoms with Gasteiger partial charge in [0, 0.05) is 27.5 Å². The second kappa shape index (κ2) is 13.2. The number of anilines is 3. The molecule has 0 saturated heterocycles. The van der Waals surface area contributed by atoms with E-state index >= 15 is 0 Å². The van der Waals surface area contributed by atoms with Crippen LogP contribution in [0.2, 0.25) is 0 Å². The van der Waals surface area contributed by atoms with E-state index in [1.165, 1.54) is 43.4 Å². The topological polar surface area (TPSA) is 16.4 Å². The number of benzene rings is 10. The Kier molecular flexibility index (Phi) is 7.53. The van der Waals surface area contributed by atoms with Crippen LogP contribution in [0.4, 0.5) is 17.1 Å². The maximum Gasteiger partial charge on any atom is 0.136 e. The zero-order valence-electron chi connectivity index (χ0n) is 30.6. The quantitative estimate of drug-likeness (QED) is 0.160. The Hall–Kier alpha value is -7.42. The van der Waals surface area contributed by atoms with Gasteiger partial charge in [-0.15, -0.1) is 0 Å². The highest BCUT2D eigenvalue weighted by Crippen LogP contribution is 2.46. The summed E-state index contributed by atoms with van der Waals surface area (Å²) in [5.41, 5.74) is 12.0. The Balaban J connectivity index is 1.14. The van der Waals surface area contributed by atoms with Crippen LogP contribution < -0.4 is 4.90 Å². The van der Waals surface area contributed by atoms with Crippen molar-refractivity contribution in [2.75, 3.05) is 4.90 Å². The minimum Gasteiger partial charge on any atom is -0.456 e. The molecule has 0 saturated carbocycles. The first-order valence-corrected chi connectivity index (χ1v) is 19.2. The molecule has 0 N–H and O–H groups in total. The van der Waals surface area contributed by atoms with E-state index < -0.39 is 0 Å². The summed E-state index contributed by atoms with van der Waals surface area (Å²) in [6, 6.07) is 76.6. The van der Waals surface area contributed by atoms with Gasteiger partial charge in [-0.05, 0) is 115 Å². The van der Waals surface area contributed by atoms with E-state index in [1.54, 1.807) is 0 Å². The average Bonchev–Trinajstić information content (AvgIpc) is 3.63. The molecule has 0 bridgehead atoms. The monoisotopic (exact) mass is 713 g/mol. The highest BCUT2D eigenvalue weighted by Gasteiger charge is 2.21. The van der Waals surface area contributed by atoms with E-state index in [9.17, 15) is 0 Å². The van der Waals surface area contributed by atoms with Gasteiger partial charge in [0.15, 0.2) is 0 Å². The van der Waals surface area contributed by atoms with E-state index in [0.29, 0.717) is 0 Å². The predicted octanol–water partition coefficient (Wildman–Crippen LogP) is 15.5. The Bertz CT molecular complexity index is 3250. The SMILES string of the molecule is c1ccc(-c2cccc(N(c3ccc(-c4ccc5c(c4)oc4cc6ccccc6cc45)c(-c4ccccc4)c3)c3cc4ccccc4c4ccccc34)c2)cc1. The molecule has 11 aromatic rings. The lowest BCUT2D eigenvalue weighted by molar-refractivity contribution is 0.669. The zero-order valence-corrected chi connectivity index (χ0v) is 30.6. The lowest BCUT2D eigenvalue weighted by Crippen LogP contribution is -2.11. The van der Waals surface area contributed by atoms with Crippen LogP contribution in [-0.2, 0) is 0 Å². The first-order chi connectivity index (χ1) is 27.7. The highest BCUT2D eigenvalue weighted by atomic mass is 16.3. The van der Waals surface area contributed by atoms with Gasteiger partial charge in [-0.2, -0.15) is 0 Å². The van der Waals surface area contributed by atoms with E-state index in [0.717, 1.165) is 61.3 Å². The minimum absolute atomic E-state index is 0.887. The predicted molar refractivity (Wildman–Crippen MR) is 237 cm³/mol. The molecule has 262 valence electrons. The lowest BCUT2D eigenvalue weighted by Gasteiger charge is -2.29. The van der Waals surface area contributed by atoms with Crippen LogP contribution >= 0.6 is 0 Å². The van der Waals surface area contributed by atoms with Crippen molar-refractivity contribution in [3.05, 3.63) is 212 Å². The number of fused-ring (bicyclic) bond motifs is 7. The van der Waals surface area contributed by atoms with Gasteiger partial charge < -0.3 is 9.32 Å². The lowest BCUT2D eigenvalue weighted by atomic mass is 9.92. The summed E-state index contributed by atoms with van der Waals surface area (Å²) in [6.45, 7) is 0. The third kappa shape index (κ3) is 5.42. The molecule has 11 rings (SSSR count). The van der Waals surface area contributed by atoms with Gasteiger partial charge in [-0.1, -0.05) is 158 Å².